The van der Waals surface area contributed by atoms with Crippen molar-refractivity contribution in [3.05, 3.63) is 29.8 Å². The van der Waals surface area contributed by atoms with Crippen molar-refractivity contribution in [1.29, 1.82) is 0 Å². The maximum Gasteiger partial charge on any atom is 0.115 e. The lowest BCUT2D eigenvalue weighted by Crippen LogP contribution is -2.33. The Morgan fingerprint density at radius 1 is 1.25 bits per heavy atom. The topological polar surface area (TPSA) is 45.1 Å². The Hall–Kier alpha value is -1.55. The molecule has 0 amide bonds. The average molecular weight is 220 g/mol. The molecule has 1 fully saturated rings. The molecule has 1 aliphatic heterocycles. The molecule has 16 heavy (non-hydrogen) atoms. The maximum absolute atomic E-state index is 9.19. The number of benzene rings is 1. The van der Waals surface area contributed by atoms with Gasteiger partial charge in [-0.05, 0) is 36.8 Å². The van der Waals surface area contributed by atoms with Gasteiger partial charge in [-0.15, -0.1) is 0 Å². The van der Waals surface area contributed by atoms with Crippen molar-refractivity contribution < 1.29 is 9.84 Å². The highest BCUT2D eigenvalue weighted by Gasteiger charge is 2.08. The summed E-state index contributed by atoms with van der Waals surface area (Å²) in [6, 6.07) is 7.09. The number of hydrogen-bond acceptors (Lipinski definition) is 4. The number of aromatic hydroxyl groups is 1. The predicted molar refractivity (Wildman–Crippen MR) is 62.7 cm³/mol. The summed E-state index contributed by atoms with van der Waals surface area (Å²) in [7, 11) is 0. The van der Waals surface area contributed by atoms with Gasteiger partial charge < -0.3 is 9.84 Å². The Labute approximate surface area is 95.1 Å². The summed E-state index contributed by atoms with van der Waals surface area (Å²) in [5.41, 5.74) is 1.99. The fourth-order valence-corrected chi connectivity index (χ4v) is 1.63. The van der Waals surface area contributed by atoms with Crippen molar-refractivity contribution in [3.63, 3.8) is 0 Å². The first-order valence-electron chi connectivity index (χ1n) is 5.43. The first kappa shape index (κ1) is 11.0. The van der Waals surface area contributed by atoms with Gasteiger partial charge in [0.1, 0.15) is 5.75 Å². The number of hydrogen-bond donors (Lipinski definition) is 1. The minimum Gasteiger partial charge on any atom is -0.508 e. The molecule has 4 heteroatoms. The van der Waals surface area contributed by atoms with Gasteiger partial charge in [0.05, 0.1) is 32.0 Å². The number of nitrogens with zero attached hydrogens (tertiary/aromatic N) is 2. The highest BCUT2D eigenvalue weighted by molar-refractivity contribution is 5.98. The van der Waals surface area contributed by atoms with Crippen molar-refractivity contribution in [3.8, 4) is 5.75 Å². The molecular weight excluding hydrogens is 204 g/mol. The van der Waals surface area contributed by atoms with Crippen LogP contribution in [0.15, 0.2) is 29.4 Å². The Kier molecular flexibility index (Phi) is 3.41. The average Bonchev–Trinajstić information content (AvgIpc) is 2.31. The van der Waals surface area contributed by atoms with Crippen LogP contribution in [0.3, 0.4) is 0 Å². The summed E-state index contributed by atoms with van der Waals surface area (Å²) in [4.78, 5) is 0. The van der Waals surface area contributed by atoms with Crippen LogP contribution >= 0.6 is 0 Å². The third-order valence-corrected chi connectivity index (χ3v) is 2.56. The van der Waals surface area contributed by atoms with Crippen molar-refractivity contribution in [2.45, 2.75) is 6.92 Å². The molecule has 2 rings (SSSR count). The summed E-state index contributed by atoms with van der Waals surface area (Å²) in [6.07, 6.45) is 0. The van der Waals surface area contributed by atoms with E-state index in [1.807, 2.05) is 24.1 Å². The zero-order valence-electron chi connectivity index (χ0n) is 9.39. The van der Waals surface area contributed by atoms with Crippen LogP contribution in [0, 0.1) is 0 Å². The number of phenols is 1. The molecule has 0 unspecified atom stereocenters. The van der Waals surface area contributed by atoms with E-state index >= 15 is 0 Å². The molecule has 0 aromatic heterocycles. The molecule has 1 saturated heterocycles. The van der Waals surface area contributed by atoms with Crippen molar-refractivity contribution in [2.75, 3.05) is 26.3 Å². The largest absolute Gasteiger partial charge is 0.508 e. The normalized spacial score (nSPS) is 17.6. The van der Waals surface area contributed by atoms with E-state index in [1.54, 1.807) is 12.1 Å². The molecule has 0 aliphatic carbocycles. The van der Waals surface area contributed by atoms with Gasteiger partial charge in [0.15, 0.2) is 0 Å². The second kappa shape index (κ2) is 4.99. The molecule has 86 valence electrons. The summed E-state index contributed by atoms with van der Waals surface area (Å²) in [5.74, 6) is 0.280. The molecule has 1 heterocycles. The van der Waals surface area contributed by atoms with Gasteiger partial charge >= 0.3 is 0 Å². The van der Waals surface area contributed by atoms with E-state index in [9.17, 15) is 5.11 Å². The number of ether oxygens (including phenoxy) is 1. The fourth-order valence-electron chi connectivity index (χ4n) is 1.63. The molecule has 0 bridgehead atoms. The van der Waals surface area contributed by atoms with E-state index in [0.29, 0.717) is 0 Å². The summed E-state index contributed by atoms with van der Waals surface area (Å²) in [5, 5.41) is 15.7. The molecule has 0 spiro atoms. The maximum atomic E-state index is 9.19. The summed E-state index contributed by atoms with van der Waals surface area (Å²) >= 11 is 0. The quantitative estimate of drug-likeness (QED) is 0.767. The van der Waals surface area contributed by atoms with E-state index in [1.165, 1.54) is 0 Å². The molecule has 0 atom stereocenters. The van der Waals surface area contributed by atoms with Gasteiger partial charge in [-0.25, -0.2) is 0 Å². The highest BCUT2D eigenvalue weighted by atomic mass is 16.5. The number of morpholine rings is 1. The lowest BCUT2D eigenvalue weighted by molar-refractivity contribution is 0.0393. The first-order chi connectivity index (χ1) is 7.75. The first-order valence-corrected chi connectivity index (χ1v) is 5.43. The Bertz CT molecular complexity index is 367. The second-order valence-corrected chi connectivity index (χ2v) is 3.80. The van der Waals surface area contributed by atoms with Gasteiger partial charge in [-0.2, -0.15) is 5.10 Å². The zero-order chi connectivity index (χ0) is 11.4. The molecule has 4 nitrogen and oxygen atoms in total. The molecule has 0 saturated carbocycles. The molecule has 0 radical (unpaired) electrons. The minimum absolute atomic E-state index is 0.280. The van der Waals surface area contributed by atoms with Gasteiger partial charge in [-0.1, -0.05) is 0 Å². The highest BCUT2D eigenvalue weighted by Crippen LogP contribution is 2.11. The van der Waals surface area contributed by atoms with Crippen LogP contribution in [0.4, 0.5) is 0 Å². The van der Waals surface area contributed by atoms with Crippen LogP contribution in [-0.4, -0.2) is 42.1 Å². The zero-order valence-corrected chi connectivity index (χ0v) is 9.39. The third kappa shape index (κ3) is 2.73. The lowest BCUT2D eigenvalue weighted by atomic mass is 10.1. The van der Waals surface area contributed by atoms with Crippen molar-refractivity contribution >= 4 is 5.71 Å². The Morgan fingerprint density at radius 3 is 2.50 bits per heavy atom. The van der Waals surface area contributed by atoms with E-state index in [-0.39, 0.29) is 5.75 Å². The van der Waals surface area contributed by atoms with Crippen LogP contribution in [0.25, 0.3) is 0 Å². The predicted octanol–water partition coefficient (Wildman–Crippen LogP) is 1.45. The van der Waals surface area contributed by atoms with Gasteiger partial charge in [0, 0.05) is 0 Å². The molecule has 1 aliphatic rings. The van der Waals surface area contributed by atoms with E-state index in [4.69, 9.17) is 4.74 Å². The van der Waals surface area contributed by atoms with Crippen molar-refractivity contribution in [2.24, 2.45) is 5.10 Å². The van der Waals surface area contributed by atoms with E-state index in [0.717, 1.165) is 37.6 Å². The van der Waals surface area contributed by atoms with Crippen LogP contribution in [-0.2, 0) is 4.74 Å². The Balaban J connectivity index is 2.07. The minimum atomic E-state index is 0.280. The fraction of sp³-hybridized carbons (Fsp3) is 0.417. The molecule has 1 aromatic rings. The number of phenolic OH excluding ortho intramolecular Hbond substituents is 1. The third-order valence-electron chi connectivity index (χ3n) is 2.56. The smallest absolute Gasteiger partial charge is 0.115 e. The van der Waals surface area contributed by atoms with E-state index < -0.39 is 0 Å². The Morgan fingerprint density at radius 2 is 1.88 bits per heavy atom. The lowest BCUT2D eigenvalue weighted by Gasteiger charge is -2.24. The SMILES string of the molecule is CC(=NN1CCOCC1)c1ccc(O)cc1. The molecular formula is C12H16N2O2. The summed E-state index contributed by atoms with van der Waals surface area (Å²) in [6.45, 7) is 5.14. The summed E-state index contributed by atoms with van der Waals surface area (Å²) < 4.78 is 5.26. The second-order valence-electron chi connectivity index (χ2n) is 3.80. The van der Waals surface area contributed by atoms with Gasteiger partial charge in [0.2, 0.25) is 0 Å². The van der Waals surface area contributed by atoms with E-state index in [2.05, 4.69) is 5.10 Å². The van der Waals surface area contributed by atoms with Crippen LogP contribution in [0.2, 0.25) is 0 Å². The van der Waals surface area contributed by atoms with Crippen molar-refractivity contribution in [1.82, 2.24) is 5.01 Å². The van der Waals surface area contributed by atoms with Gasteiger partial charge in [0.25, 0.3) is 0 Å². The number of hydrazone groups is 1. The monoisotopic (exact) mass is 220 g/mol. The van der Waals surface area contributed by atoms with Crippen LogP contribution in [0.5, 0.6) is 5.75 Å². The van der Waals surface area contributed by atoms with Crippen LogP contribution in [0.1, 0.15) is 12.5 Å². The standard InChI is InChI=1S/C12H16N2O2/c1-10(11-2-4-12(15)5-3-11)13-14-6-8-16-9-7-14/h2-5,15H,6-9H2,1H3. The molecule has 1 aromatic carbocycles. The molecule has 1 N–H and O–H groups in total. The number of rotatable bonds is 2. The van der Waals surface area contributed by atoms with Crippen LogP contribution < -0.4 is 0 Å². The van der Waals surface area contributed by atoms with Gasteiger partial charge in [-0.3, -0.25) is 5.01 Å².